The average Bonchev–Trinajstić information content (AvgIpc) is 3.25. The van der Waals surface area contributed by atoms with Crippen molar-refractivity contribution in [2.45, 2.75) is 31.8 Å². The molecule has 0 saturated carbocycles. The van der Waals surface area contributed by atoms with E-state index >= 15 is 0 Å². The van der Waals surface area contributed by atoms with Crippen molar-refractivity contribution < 1.29 is 8.42 Å². The lowest BCUT2D eigenvalue weighted by Gasteiger charge is -2.22. The van der Waals surface area contributed by atoms with Crippen molar-refractivity contribution in [1.29, 1.82) is 0 Å². The van der Waals surface area contributed by atoms with E-state index in [0.29, 0.717) is 5.56 Å². The van der Waals surface area contributed by atoms with Gasteiger partial charge in [0.05, 0.1) is 10.4 Å². The molecule has 0 fully saturated rings. The van der Waals surface area contributed by atoms with Crippen LogP contribution in [0.1, 0.15) is 21.6 Å². The maximum Gasteiger partial charge on any atom is 0.252 e. The number of hydrogen-bond donors (Lipinski definition) is 1. The molecule has 0 unspecified atom stereocenters. The largest absolute Gasteiger partial charge is 0.321 e. The lowest BCUT2D eigenvalue weighted by molar-refractivity contribution is 0.402. The molecule has 1 N–H and O–H groups in total. The Morgan fingerprint density at radius 3 is 2.37 bits per heavy atom. The molecule has 0 atom stereocenters. The minimum Gasteiger partial charge on any atom is -0.321 e. The van der Waals surface area contributed by atoms with Crippen molar-refractivity contribution in [2.24, 2.45) is 0 Å². The molecule has 5 nitrogen and oxygen atoms in total. The number of nitrogens with zero attached hydrogens (tertiary/aromatic N) is 1. The summed E-state index contributed by atoms with van der Waals surface area (Å²) in [6, 6.07) is 17.9. The molecule has 7 heteroatoms. The smallest absolute Gasteiger partial charge is 0.252 e. The Bertz CT molecular complexity index is 1340. The van der Waals surface area contributed by atoms with E-state index in [1.54, 1.807) is 30.3 Å². The molecular weight excluding hydrogens is 416 g/mol. The van der Waals surface area contributed by atoms with Gasteiger partial charge in [-0.1, -0.05) is 36.4 Å². The molecule has 0 saturated heterocycles. The second-order valence-electron chi connectivity index (χ2n) is 7.28. The van der Waals surface area contributed by atoms with Gasteiger partial charge in [-0.15, -0.1) is 11.3 Å². The first kappa shape index (κ1) is 20.5. The van der Waals surface area contributed by atoms with Crippen LogP contribution in [-0.2, 0) is 23.1 Å². The van der Waals surface area contributed by atoms with Gasteiger partial charge in [0.2, 0.25) is 10.0 Å². The molecule has 0 spiro atoms. The molecule has 0 aliphatic carbocycles. The number of benzene rings is 2. The molecule has 2 aromatic carbocycles. The molecule has 0 bridgehead atoms. The van der Waals surface area contributed by atoms with Crippen LogP contribution in [0, 0.1) is 13.8 Å². The summed E-state index contributed by atoms with van der Waals surface area (Å²) < 4.78 is 28.1. The zero-order valence-electron chi connectivity index (χ0n) is 16.8. The molecule has 2 aromatic heterocycles. The standard InChI is InChI=1S/C23H22N2O3S2/c1-16-10-11-17(2)22-21(16)13-18(23(26)24-22)14-25(15-19-7-6-12-29-19)30(27,28)20-8-4-3-5-9-20/h3-13H,14-15H2,1-2H3,(H,24,26). The van der Waals surface area contributed by atoms with E-state index in [0.717, 1.165) is 26.9 Å². The Kier molecular flexibility index (Phi) is 5.60. The van der Waals surface area contributed by atoms with Gasteiger partial charge in [0.25, 0.3) is 5.56 Å². The maximum atomic E-state index is 13.4. The third-order valence-corrected chi connectivity index (χ3v) is 7.83. The maximum absolute atomic E-state index is 13.4. The van der Waals surface area contributed by atoms with Gasteiger partial charge in [-0.05, 0) is 54.6 Å². The summed E-state index contributed by atoms with van der Waals surface area (Å²) in [4.78, 5) is 16.9. The lowest BCUT2D eigenvalue weighted by atomic mass is 10.0. The van der Waals surface area contributed by atoms with Crippen molar-refractivity contribution in [1.82, 2.24) is 9.29 Å². The second-order valence-corrected chi connectivity index (χ2v) is 10.2. The van der Waals surface area contributed by atoms with Crippen molar-refractivity contribution in [3.8, 4) is 0 Å². The number of thiophene rings is 1. The Balaban J connectivity index is 1.80. The topological polar surface area (TPSA) is 70.2 Å². The Hall–Kier alpha value is -2.74. The van der Waals surface area contributed by atoms with E-state index in [-0.39, 0.29) is 23.5 Å². The number of aryl methyl sites for hydroxylation is 2. The highest BCUT2D eigenvalue weighted by Gasteiger charge is 2.26. The van der Waals surface area contributed by atoms with Crippen LogP contribution in [0.15, 0.2) is 75.7 Å². The monoisotopic (exact) mass is 438 g/mol. The number of aromatic amines is 1. The summed E-state index contributed by atoms with van der Waals surface area (Å²) in [6.45, 7) is 4.13. The van der Waals surface area contributed by atoms with Gasteiger partial charge < -0.3 is 4.98 Å². The summed E-state index contributed by atoms with van der Waals surface area (Å²) in [7, 11) is -3.78. The highest BCUT2D eigenvalue weighted by Crippen LogP contribution is 2.24. The summed E-state index contributed by atoms with van der Waals surface area (Å²) in [5, 5.41) is 2.84. The fourth-order valence-electron chi connectivity index (χ4n) is 3.47. The Labute approximate surface area is 179 Å². The lowest BCUT2D eigenvalue weighted by Crippen LogP contribution is -2.32. The minimum atomic E-state index is -3.78. The number of pyridine rings is 1. The third kappa shape index (κ3) is 3.96. The van der Waals surface area contributed by atoms with E-state index < -0.39 is 10.0 Å². The zero-order chi connectivity index (χ0) is 21.3. The van der Waals surface area contributed by atoms with Crippen LogP contribution in [0.5, 0.6) is 0 Å². The van der Waals surface area contributed by atoms with Gasteiger partial charge in [0.15, 0.2) is 0 Å². The molecule has 30 heavy (non-hydrogen) atoms. The van der Waals surface area contributed by atoms with Crippen LogP contribution in [-0.4, -0.2) is 17.7 Å². The van der Waals surface area contributed by atoms with Crippen LogP contribution >= 0.6 is 11.3 Å². The van der Waals surface area contributed by atoms with Crippen LogP contribution < -0.4 is 5.56 Å². The molecule has 4 rings (SSSR count). The van der Waals surface area contributed by atoms with Gasteiger partial charge in [-0.3, -0.25) is 4.79 Å². The number of hydrogen-bond acceptors (Lipinski definition) is 4. The normalized spacial score (nSPS) is 12.0. The quantitative estimate of drug-likeness (QED) is 0.478. The molecule has 0 radical (unpaired) electrons. The first-order valence-corrected chi connectivity index (χ1v) is 11.9. The third-order valence-electron chi connectivity index (χ3n) is 5.16. The highest BCUT2D eigenvalue weighted by molar-refractivity contribution is 7.89. The number of rotatable bonds is 6. The minimum absolute atomic E-state index is 0.00617. The van der Waals surface area contributed by atoms with Crippen LogP contribution in [0.2, 0.25) is 0 Å². The Morgan fingerprint density at radius 2 is 1.67 bits per heavy atom. The molecule has 2 heterocycles. The first-order valence-electron chi connectivity index (χ1n) is 9.56. The predicted molar refractivity (Wildman–Crippen MR) is 121 cm³/mol. The van der Waals surface area contributed by atoms with Gasteiger partial charge in [-0.25, -0.2) is 8.42 Å². The molecule has 0 aliphatic rings. The van der Waals surface area contributed by atoms with Crippen molar-refractivity contribution in [3.63, 3.8) is 0 Å². The number of sulfonamides is 1. The molecule has 4 aromatic rings. The predicted octanol–water partition coefficient (Wildman–Crippen LogP) is 4.60. The number of H-pyrrole nitrogens is 1. The van der Waals surface area contributed by atoms with E-state index in [2.05, 4.69) is 4.98 Å². The second kappa shape index (κ2) is 8.18. The molecule has 154 valence electrons. The van der Waals surface area contributed by atoms with E-state index in [1.165, 1.54) is 15.6 Å². The molecule has 0 amide bonds. The SMILES string of the molecule is Cc1ccc(C)c2[nH]c(=O)c(CN(Cc3cccs3)S(=O)(=O)c3ccccc3)cc12. The van der Waals surface area contributed by atoms with Crippen LogP contribution in [0.25, 0.3) is 10.9 Å². The van der Waals surface area contributed by atoms with Gasteiger partial charge in [0, 0.05) is 28.9 Å². The number of nitrogens with one attached hydrogen (secondary N) is 1. The van der Waals surface area contributed by atoms with E-state index in [4.69, 9.17) is 0 Å². The van der Waals surface area contributed by atoms with Crippen LogP contribution in [0.3, 0.4) is 0 Å². The van der Waals surface area contributed by atoms with Crippen molar-refractivity contribution in [2.75, 3.05) is 0 Å². The molecular formula is C23H22N2O3S2. The zero-order valence-corrected chi connectivity index (χ0v) is 18.4. The summed E-state index contributed by atoms with van der Waals surface area (Å²) in [6.07, 6.45) is 0. The number of aromatic nitrogens is 1. The van der Waals surface area contributed by atoms with Gasteiger partial charge >= 0.3 is 0 Å². The first-order chi connectivity index (χ1) is 14.4. The summed E-state index contributed by atoms with van der Waals surface area (Å²) >= 11 is 1.49. The number of fused-ring (bicyclic) bond motifs is 1. The van der Waals surface area contributed by atoms with Crippen molar-refractivity contribution in [3.05, 3.63) is 98.0 Å². The fraction of sp³-hybridized carbons (Fsp3) is 0.174. The summed E-state index contributed by atoms with van der Waals surface area (Å²) in [5.74, 6) is 0. The van der Waals surface area contributed by atoms with E-state index in [9.17, 15) is 13.2 Å². The van der Waals surface area contributed by atoms with Gasteiger partial charge in [-0.2, -0.15) is 4.31 Å². The van der Waals surface area contributed by atoms with Gasteiger partial charge in [0.1, 0.15) is 0 Å². The molecule has 0 aliphatic heterocycles. The fourth-order valence-corrected chi connectivity index (χ4v) is 5.69. The Morgan fingerprint density at radius 1 is 0.933 bits per heavy atom. The average molecular weight is 439 g/mol. The summed E-state index contributed by atoms with van der Waals surface area (Å²) in [5.41, 5.74) is 2.96. The van der Waals surface area contributed by atoms with E-state index in [1.807, 2.05) is 49.6 Å². The van der Waals surface area contributed by atoms with Crippen LogP contribution in [0.4, 0.5) is 0 Å². The highest BCUT2D eigenvalue weighted by atomic mass is 32.2. The van der Waals surface area contributed by atoms with Crippen molar-refractivity contribution >= 4 is 32.3 Å².